The van der Waals surface area contributed by atoms with Crippen LogP contribution in [0.4, 0.5) is 10.8 Å². The van der Waals surface area contributed by atoms with Gasteiger partial charge in [-0.1, -0.05) is 52.8 Å². The summed E-state index contributed by atoms with van der Waals surface area (Å²) in [5.74, 6) is -0.335. The highest BCUT2D eigenvalue weighted by molar-refractivity contribution is 7.22. The molecule has 0 bridgehead atoms. The van der Waals surface area contributed by atoms with Crippen LogP contribution < -0.4 is 10.6 Å². The van der Waals surface area contributed by atoms with Crippen molar-refractivity contribution in [2.45, 2.75) is 27.2 Å². The van der Waals surface area contributed by atoms with E-state index in [4.69, 9.17) is 11.6 Å². The van der Waals surface area contributed by atoms with E-state index in [-0.39, 0.29) is 18.2 Å². The molecule has 2 amide bonds. The van der Waals surface area contributed by atoms with Crippen molar-refractivity contribution < 1.29 is 9.59 Å². The molecule has 2 N–H and O–H groups in total. The van der Waals surface area contributed by atoms with E-state index in [1.165, 1.54) is 11.3 Å². The number of hydrogen-bond acceptors (Lipinski definition) is 4. The van der Waals surface area contributed by atoms with E-state index in [1.54, 1.807) is 30.3 Å². The Morgan fingerprint density at radius 2 is 1.62 bits per heavy atom. The number of nitrogens with zero attached hydrogens (tertiary/aromatic N) is 1. The highest BCUT2D eigenvalue weighted by Crippen LogP contribution is 2.28. The normalized spacial score (nSPS) is 10.9. The molecule has 1 heterocycles. The topological polar surface area (TPSA) is 71.1 Å². The molecule has 0 atom stereocenters. The third-order valence-corrected chi connectivity index (χ3v) is 6.28. The SMILES string of the molecule is Cc1cc(C)c(NC(=O)c2ccc3nc(NC(=O)Cc4ccc(Cl)cc4)sc3c2)c(C)c1. The van der Waals surface area contributed by atoms with E-state index < -0.39 is 0 Å². The van der Waals surface area contributed by atoms with Crippen molar-refractivity contribution in [3.63, 3.8) is 0 Å². The van der Waals surface area contributed by atoms with Gasteiger partial charge in [-0.3, -0.25) is 9.59 Å². The molecule has 0 aliphatic carbocycles. The number of rotatable bonds is 5. The summed E-state index contributed by atoms with van der Waals surface area (Å²) in [5, 5.41) is 7.00. The van der Waals surface area contributed by atoms with Gasteiger partial charge in [0.1, 0.15) is 0 Å². The second-order valence-electron chi connectivity index (χ2n) is 7.78. The molecule has 4 aromatic rings. The highest BCUT2D eigenvalue weighted by atomic mass is 35.5. The number of aromatic nitrogens is 1. The number of carbonyl (C=O) groups excluding carboxylic acids is 2. The first-order chi connectivity index (χ1) is 15.3. The van der Waals surface area contributed by atoms with Crippen LogP contribution >= 0.6 is 22.9 Å². The molecule has 0 aliphatic heterocycles. The van der Waals surface area contributed by atoms with Gasteiger partial charge in [0.05, 0.1) is 16.6 Å². The number of anilines is 2. The van der Waals surface area contributed by atoms with Crippen LogP contribution in [-0.2, 0) is 11.2 Å². The second-order valence-corrected chi connectivity index (χ2v) is 9.25. The number of halogens is 1. The lowest BCUT2D eigenvalue weighted by Gasteiger charge is -2.12. The van der Waals surface area contributed by atoms with Crippen molar-refractivity contribution in [2.75, 3.05) is 10.6 Å². The number of carbonyl (C=O) groups is 2. The van der Waals surface area contributed by atoms with Gasteiger partial charge in [-0.05, 0) is 67.8 Å². The largest absolute Gasteiger partial charge is 0.322 e. The van der Waals surface area contributed by atoms with Gasteiger partial charge in [0.15, 0.2) is 5.13 Å². The molecular formula is C25H22ClN3O2S. The van der Waals surface area contributed by atoms with Crippen LogP contribution in [0.1, 0.15) is 32.6 Å². The fraction of sp³-hybridized carbons (Fsp3) is 0.160. The van der Waals surface area contributed by atoms with Crippen molar-refractivity contribution in [3.8, 4) is 0 Å². The fourth-order valence-corrected chi connectivity index (χ4v) is 4.68. The summed E-state index contributed by atoms with van der Waals surface area (Å²) in [4.78, 5) is 29.7. The summed E-state index contributed by atoms with van der Waals surface area (Å²) in [6, 6.07) is 16.6. The van der Waals surface area contributed by atoms with Crippen LogP contribution in [0.3, 0.4) is 0 Å². The van der Waals surface area contributed by atoms with Gasteiger partial charge >= 0.3 is 0 Å². The first-order valence-electron chi connectivity index (χ1n) is 10.1. The summed E-state index contributed by atoms with van der Waals surface area (Å²) < 4.78 is 0.830. The quantitative estimate of drug-likeness (QED) is 0.364. The average Bonchev–Trinajstić information content (AvgIpc) is 3.13. The number of thiazole rings is 1. The van der Waals surface area contributed by atoms with Gasteiger partial charge in [-0.15, -0.1) is 0 Å². The van der Waals surface area contributed by atoms with Gasteiger partial charge in [0, 0.05) is 16.3 Å². The van der Waals surface area contributed by atoms with E-state index in [9.17, 15) is 9.59 Å². The third-order valence-electron chi connectivity index (χ3n) is 5.09. The van der Waals surface area contributed by atoms with E-state index in [2.05, 4.69) is 15.6 Å². The number of hydrogen-bond donors (Lipinski definition) is 2. The third kappa shape index (κ3) is 4.98. The minimum absolute atomic E-state index is 0.158. The van der Waals surface area contributed by atoms with Crippen LogP contribution in [0.25, 0.3) is 10.2 Å². The monoisotopic (exact) mass is 463 g/mol. The summed E-state index contributed by atoms with van der Waals surface area (Å²) in [5.41, 5.74) is 6.19. The lowest BCUT2D eigenvalue weighted by Crippen LogP contribution is -2.14. The Kier molecular flexibility index (Phi) is 6.26. The van der Waals surface area contributed by atoms with Gasteiger partial charge in [-0.25, -0.2) is 4.98 Å². The number of benzene rings is 3. The summed E-state index contributed by atoms with van der Waals surface area (Å²) in [7, 11) is 0. The van der Waals surface area contributed by atoms with Gasteiger partial charge in [0.25, 0.3) is 5.91 Å². The minimum atomic E-state index is -0.177. The molecular weight excluding hydrogens is 442 g/mol. The first kappa shape index (κ1) is 22.0. The molecule has 0 spiro atoms. The Labute approximate surface area is 195 Å². The predicted molar refractivity (Wildman–Crippen MR) is 132 cm³/mol. The van der Waals surface area contributed by atoms with Crippen LogP contribution in [0.2, 0.25) is 5.02 Å². The summed E-state index contributed by atoms with van der Waals surface area (Å²) in [6.07, 6.45) is 0.232. The number of fused-ring (bicyclic) bond motifs is 1. The maximum Gasteiger partial charge on any atom is 0.255 e. The number of nitrogens with one attached hydrogen (secondary N) is 2. The maximum absolute atomic E-state index is 12.9. The van der Waals surface area contributed by atoms with Gasteiger partial charge in [0.2, 0.25) is 5.91 Å². The van der Waals surface area contributed by atoms with Crippen LogP contribution in [-0.4, -0.2) is 16.8 Å². The molecule has 0 saturated carbocycles. The molecule has 0 saturated heterocycles. The van der Waals surface area contributed by atoms with E-state index in [0.29, 0.717) is 15.7 Å². The van der Waals surface area contributed by atoms with Gasteiger partial charge in [-0.2, -0.15) is 0 Å². The molecule has 4 rings (SSSR count). The van der Waals surface area contributed by atoms with E-state index in [1.807, 2.05) is 45.0 Å². The van der Waals surface area contributed by atoms with E-state index in [0.717, 1.165) is 38.2 Å². The lowest BCUT2D eigenvalue weighted by atomic mass is 10.0. The minimum Gasteiger partial charge on any atom is -0.322 e. The second kappa shape index (κ2) is 9.10. The Bertz CT molecular complexity index is 1310. The first-order valence-corrected chi connectivity index (χ1v) is 11.3. The standard InChI is InChI=1S/C25H22ClN3O2S/c1-14-10-15(2)23(16(3)11-14)29-24(31)18-6-9-20-21(13-18)32-25(27-20)28-22(30)12-17-4-7-19(26)8-5-17/h4-11,13H,12H2,1-3H3,(H,29,31)(H,27,28,30). The van der Waals surface area contributed by atoms with E-state index >= 15 is 0 Å². The highest BCUT2D eigenvalue weighted by Gasteiger charge is 2.14. The predicted octanol–water partition coefficient (Wildman–Crippen LogP) is 6.31. The zero-order chi connectivity index (χ0) is 22.8. The van der Waals surface area contributed by atoms with Crippen LogP contribution in [0.5, 0.6) is 0 Å². The molecule has 0 aliphatic rings. The Morgan fingerprint density at radius 3 is 2.31 bits per heavy atom. The molecule has 0 radical (unpaired) electrons. The zero-order valence-electron chi connectivity index (χ0n) is 18.0. The fourth-order valence-electron chi connectivity index (χ4n) is 3.63. The number of amides is 2. The number of aryl methyl sites for hydroxylation is 3. The van der Waals surface area contributed by atoms with Crippen molar-refractivity contribution in [1.82, 2.24) is 4.98 Å². The lowest BCUT2D eigenvalue weighted by molar-refractivity contribution is -0.115. The Hall–Kier alpha value is -3.22. The molecule has 32 heavy (non-hydrogen) atoms. The summed E-state index contributed by atoms with van der Waals surface area (Å²) >= 11 is 7.23. The van der Waals surface area contributed by atoms with Crippen LogP contribution in [0.15, 0.2) is 54.6 Å². The summed E-state index contributed by atoms with van der Waals surface area (Å²) in [6.45, 7) is 6.01. The molecule has 7 heteroatoms. The van der Waals surface area contributed by atoms with Crippen molar-refractivity contribution in [3.05, 3.63) is 87.4 Å². The molecule has 5 nitrogen and oxygen atoms in total. The molecule has 0 unspecified atom stereocenters. The average molecular weight is 464 g/mol. The maximum atomic E-state index is 12.9. The van der Waals surface area contributed by atoms with Crippen LogP contribution in [0, 0.1) is 20.8 Å². The Balaban J connectivity index is 1.48. The van der Waals surface area contributed by atoms with Crippen molar-refractivity contribution >= 4 is 55.8 Å². The smallest absolute Gasteiger partial charge is 0.255 e. The Morgan fingerprint density at radius 1 is 0.938 bits per heavy atom. The zero-order valence-corrected chi connectivity index (χ0v) is 19.5. The van der Waals surface area contributed by atoms with Crippen molar-refractivity contribution in [2.24, 2.45) is 0 Å². The van der Waals surface area contributed by atoms with Crippen molar-refractivity contribution in [1.29, 1.82) is 0 Å². The van der Waals surface area contributed by atoms with Gasteiger partial charge < -0.3 is 10.6 Å². The molecule has 3 aromatic carbocycles. The molecule has 162 valence electrons. The molecule has 1 aromatic heterocycles. The molecule has 0 fully saturated rings.